The molecule has 0 fully saturated rings. The average molecular weight is 283 g/mol. The number of aromatic nitrogens is 2. The molecule has 112 valence electrons. The van der Waals surface area contributed by atoms with Crippen molar-refractivity contribution in [3.63, 3.8) is 0 Å². The standard InChI is InChI=1S/C18H25N3/c1-4-10-19-17(18-14(3)7-6-11-20-18)12-16-9-8-15(5-2)13-21-16/h6-9,11,13,17,19H,4-5,10,12H2,1-3H3. The molecule has 0 aliphatic carbocycles. The van der Waals surface area contributed by atoms with Crippen molar-refractivity contribution in [3.05, 3.63) is 59.2 Å². The number of hydrogen-bond donors (Lipinski definition) is 1. The van der Waals surface area contributed by atoms with Crippen LogP contribution in [0.25, 0.3) is 0 Å². The summed E-state index contributed by atoms with van der Waals surface area (Å²) in [7, 11) is 0. The lowest BCUT2D eigenvalue weighted by Gasteiger charge is -2.19. The molecular weight excluding hydrogens is 258 g/mol. The van der Waals surface area contributed by atoms with Gasteiger partial charge in [0.15, 0.2) is 0 Å². The van der Waals surface area contributed by atoms with Crippen LogP contribution in [0, 0.1) is 6.92 Å². The van der Waals surface area contributed by atoms with E-state index in [-0.39, 0.29) is 6.04 Å². The van der Waals surface area contributed by atoms with Gasteiger partial charge in [-0.25, -0.2) is 0 Å². The molecule has 2 heterocycles. The van der Waals surface area contributed by atoms with Gasteiger partial charge in [-0.05, 0) is 49.6 Å². The first-order valence-electron chi connectivity index (χ1n) is 7.83. The zero-order chi connectivity index (χ0) is 15.1. The van der Waals surface area contributed by atoms with Crippen molar-refractivity contribution in [2.45, 2.75) is 46.1 Å². The second-order valence-corrected chi connectivity index (χ2v) is 5.43. The van der Waals surface area contributed by atoms with Gasteiger partial charge < -0.3 is 5.32 Å². The quantitative estimate of drug-likeness (QED) is 0.843. The number of aryl methyl sites for hydroxylation is 2. The maximum atomic E-state index is 4.58. The van der Waals surface area contributed by atoms with Crippen LogP contribution >= 0.6 is 0 Å². The van der Waals surface area contributed by atoms with Crippen molar-refractivity contribution < 1.29 is 0 Å². The largest absolute Gasteiger partial charge is 0.308 e. The number of nitrogens with zero attached hydrogens (tertiary/aromatic N) is 2. The van der Waals surface area contributed by atoms with Crippen molar-refractivity contribution in [3.8, 4) is 0 Å². The first-order chi connectivity index (χ1) is 10.2. The molecule has 0 bridgehead atoms. The third kappa shape index (κ3) is 4.36. The Morgan fingerprint density at radius 2 is 2.00 bits per heavy atom. The molecule has 2 aromatic rings. The number of pyridine rings is 2. The van der Waals surface area contributed by atoms with Crippen molar-refractivity contribution in [1.29, 1.82) is 0 Å². The molecule has 1 N–H and O–H groups in total. The maximum absolute atomic E-state index is 4.58. The Hall–Kier alpha value is -1.74. The average Bonchev–Trinajstić information content (AvgIpc) is 2.53. The van der Waals surface area contributed by atoms with E-state index in [9.17, 15) is 0 Å². The molecule has 0 amide bonds. The van der Waals surface area contributed by atoms with E-state index in [2.05, 4.69) is 54.3 Å². The van der Waals surface area contributed by atoms with Gasteiger partial charge >= 0.3 is 0 Å². The van der Waals surface area contributed by atoms with Crippen LogP contribution in [0.5, 0.6) is 0 Å². The Labute approximate surface area is 127 Å². The highest BCUT2D eigenvalue weighted by Crippen LogP contribution is 2.19. The number of rotatable bonds is 7. The third-order valence-electron chi connectivity index (χ3n) is 3.73. The highest BCUT2D eigenvalue weighted by Gasteiger charge is 2.15. The molecule has 0 spiro atoms. The van der Waals surface area contributed by atoms with Gasteiger partial charge in [0.05, 0.1) is 11.7 Å². The fourth-order valence-corrected chi connectivity index (χ4v) is 2.44. The monoisotopic (exact) mass is 283 g/mol. The minimum Gasteiger partial charge on any atom is -0.308 e. The van der Waals surface area contributed by atoms with Gasteiger partial charge in [-0.3, -0.25) is 9.97 Å². The summed E-state index contributed by atoms with van der Waals surface area (Å²) in [5.74, 6) is 0. The normalized spacial score (nSPS) is 12.3. The van der Waals surface area contributed by atoms with E-state index in [1.54, 1.807) is 0 Å². The second-order valence-electron chi connectivity index (χ2n) is 5.43. The molecule has 0 saturated carbocycles. The first kappa shape index (κ1) is 15.6. The van der Waals surface area contributed by atoms with Gasteiger partial charge in [0.25, 0.3) is 0 Å². The minimum atomic E-state index is 0.228. The highest BCUT2D eigenvalue weighted by molar-refractivity contribution is 5.23. The van der Waals surface area contributed by atoms with Crippen LogP contribution in [0.4, 0.5) is 0 Å². The smallest absolute Gasteiger partial charge is 0.0606 e. The van der Waals surface area contributed by atoms with Crippen LogP contribution in [0.2, 0.25) is 0 Å². The first-order valence-corrected chi connectivity index (χ1v) is 7.83. The summed E-state index contributed by atoms with van der Waals surface area (Å²) < 4.78 is 0. The van der Waals surface area contributed by atoms with E-state index < -0.39 is 0 Å². The van der Waals surface area contributed by atoms with Gasteiger partial charge in [0.1, 0.15) is 0 Å². The van der Waals surface area contributed by atoms with Gasteiger partial charge in [-0.1, -0.05) is 26.0 Å². The molecule has 3 nitrogen and oxygen atoms in total. The maximum Gasteiger partial charge on any atom is 0.0606 e. The Kier molecular flexibility index (Phi) is 5.88. The fourth-order valence-electron chi connectivity index (χ4n) is 2.44. The Morgan fingerprint density at radius 1 is 1.14 bits per heavy atom. The van der Waals surface area contributed by atoms with Gasteiger partial charge in [0, 0.05) is 24.5 Å². The molecule has 0 aliphatic heterocycles. The predicted octanol–water partition coefficient (Wildman–Crippen LogP) is 3.63. The minimum absolute atomic E-state index is 0.228. The van der Waals surface area contributed by atoms with E-state index in [4.69, 9.17) is 0 Å². The van der Waals surface area contributed by atoms with Crippen LogP contribution in [0.1, 0.15) is 48.8 Å². The molecule has 1 unspecified atom stereocenters. The predicted molar refractivity (Wildman–Crippen MR) is 87.3 cm³/mol. The van der Waals surface area contributed by atoms with Gasteiger partial charge in [0.2, 0.25) is 0 Å². The van der Waals surface area contributed by atoms with Crippen LogP contribution in [0.15, 0.2) is 36.7 Å². The second kappa shape index (κ2) is 7.89. The van der Waals surface area contributed by atoms with E-state index in [1.165, 1.54) is 11.1 Å². The molecule has 0 radical (unpaired) electrons. The molecule has 0 aromatic carbocycles. The summed E-state index contributed by atoms with van der Waals surface area (Å²) in [5.41, 5.74) is 4.76. The Morgan fingerprint density at radius 3 is 2.62 bits per heavy atom. The Balaban J connectivity index is 2.17. The summed E-state index contributed by atoms with van der Waals surface area (Å²) in [6, 6.07) is 8.65. The van der Waals surface area contributed by atoms with E-state index in [0.717, 1.165) is 37.2 Å². The molecular formula is C18H25N3. The van der Waals surface area contributed by atoms with Crippen molar-refractivity contribution in [2.24, 2.45) is 0 Å². The molecule has 1 atom stereocenters. The summed E-state index contributed by atoms with van der Waals surface area (Å²) in [6.45, 7) is 7.45. The topological polar surface area (TPSA) is 37.8 Å². The van der Waals surface area contributed by atoms with Gasteiger partial charge in [-0.15, -0.1) is 0 Å². The highest BCUT2D eigenvalue weighted by atomic mass is 14.9. The molecule has 3 heteroatoms. The van der Waals surface area contributed by atoms with Crippen molar-refractivity contribution in [2.75, 3.05) is 6.54 Å². The zero-order valence-corrected chi connectivity index (χ0v) is 13.3. The fraction of sp³-hybridized carbons (Fsp3) is 0.444. The molecule has 2 rings (SSSR count). The lowest BCUT2D eigenvalue weighted by Crippen LogP contribution is -2.26. The zero-order valence-electron chi connectivity index (χ0n) is 13.3. The third-order valence-corrected chi connectivity index (χ3v) is 3.73. The van der Waals surface area contributed by atoms with Crippen molar-refractivity contribution >= 4 is 0 Å². The van der Waals surface area contributed by atoms with E-state index in [0.29, 0.717) is 0 Å². The van der Waals surface area contributed by atoms with Crippen LogP contribution < -0.4 is 5.32 Å². The molecule has 0 saturated heterocycles. The van der Waals surface area contributed by atoms with Gasteiger partial charge in [-0.2, -0.15) is 0 Å². The summed E-state index contributed by atoms with van der Waals surface area (Å²) in [4.78, 5) is 9.16. The van der Waals surface area contributed by atoms with Crippen molar-refractivity contribution in [1.82, 2.24) is 15.3 Å². The lowest BCUT2D eigenvalue weighted by atomic mass is 10.0. The number of hydrogen-bond acceptors (Lipinski definition) is 3. The molecule has 0 aliphatic rings. The number of nitrogens with one attached hydrogen (secondary N) is 1. The summed E-state index contributed by atoms with van der Waals surface area (Å²) in [6.07, 6.45) is 6.88. The van der Waals surface area contributed by atoms with Crippen LogP contribution in [0.3, 0.4) is 0 Å². The molecule has 21 heavy (non-hydrogen) atoms. The summed E-state index contributed by atoms with van der Waals surface area (Å²) >= 11 is 0. The summed E-state index contributed by atoms with van der Waals surface area (Å²) in [5, 5.41) is 3.60. The van der Waals surface area contributed by atoms with E-state index >= 15 is 0 Å². The Bertz CT molecular complexity index is 549. The van der Waals surface area contributed by atoms with E-state index in [1.807, 2.05) is 18.5 Å². The SMILES string of the molecule is CCCNC(Cc1ccc(CC)cn1)c1ncccc1C. The molecule has 2 aromatic heterocycles. The van der Waals surface area contributed by atoms with Crippen LogP contribution in [-0.2, 0) is 12.8 Å². The van der Waals surface area contributed by atoms with Crippen LogP contribution in [-0.4, -0.2) is 16.5 Å². The lowest BCUT2D eigenvalue weighted by molar-refractivity contribution is 0.510.